The number of rotatable bonds is 3. The summed E-state index contributed by atoms with van der Waals surface area (Å²) in [6, 6.07) is 0. The Morgan fingerprint density at radius 3 is 2.67 bits per heavy atom. The van der Waals surface area contributed by atoms with Crippen molar-refractivity contribution in [2.45, 2.75) is 19.2 Å². The Bertz CT molecular complexity index is 249. The summed E-state index contributed by atoms with van der Waals surface area (Å²) >= 11 is 7.43. The minimum atomic E-state index is 0.138. The van der Waals surface area contributed by atoms with E-state index in [2.05, 4.69) is 10.2 Å². The molecule has 1 atom stereocenters. The molecular weight excluding hydrogens is 194 g/mol. The van der Waals surface area contributed by atoms with E-state index in [1.807, 2.05) is 25.8 Å². The molecule has 0 aliphatic carbocycles. The molecule has 1 aromatic heterocycles. The van der Waals surface area contributed by atoms with Crippen LogP contribution in [-0.2, 0) is 0 Å². The highest BCUT2D eigenvalue weighted by molar-refractivity contribution is 7.15. The highest BCUT2D eigenvalue weighted by atomic mass is 35.5. The van der Waals surface area contributed by atoms with Crippen molar-refractivity contribution in [1.29, 1.82) is 0 Å². The Balaban J connectivity index is 2.58. The van der Waals surface area contributed by atoms with Crippen molar-refractivity contribution in [3.05, 3.63) is 5.01 Å². The van der Waals surface area contributed by atoms with Gasteiger partial charge < -0.3 is 4.90 Å². The predicted octanol–water partition coefficient (Wildman–Crippen LogP) is 1.91. The molecule has 0 amide bonds. The normalized spacial score (nSPS) is 13.0. The number of hydrogen-bond donors (Lipinski definition) is 0. The molecule has 0 aliphatic heterocycles. The van der Waals surface area contributed by atoms with Crippen LogP contribution in [0.3, 0.4) is 0 Å². The fraction of sp³-hybridized carbons (Fsp3) is 0.714. The van der Waals surface area contributed by atoms with E-state index in [4.69, 9.17) is 11.6 Å². The number of hydrogen-bond acceptors (Lipinski definition) is 4. The molecular formula is C7H12ClN3S. The zero-order valence-corrected chi connectivity index (χ0v) is 8.98. The minimum absolute atomic E-state index is 0.138. The molecule has 1 unspecified atom stereocenters. The van der Waals surface area contributed by atoms with Gasteiger partial charge in [-0.1, -0.05) is 11.3 Å². The van der Waals surface area contributed by atoms with Gasteiger partial charge in [-0.25, -0.2) is 0 Å². The maximum atomic E-state index is 5.84. The number of nitrogens with zero attached hydrogens (tertiary/aromatic N) is 3. The summed E-state index contributed by atoms with van der Waals surface area (Å²) in [7, 11) is 1.97. The lowest BCUT2D eigenvalue weighted by atomic mass is 10.4. The van der Waals surface area contributed by atoms with Crippen LogP contribution in [0.15, 0.2) is 0 Å². The number of halogens is 1. The maximum absolute atomic E-state index is 5.84. The quantitative estimate of drug-likeness (QED) is 0.706. The van der Waals surface area contributed by atoms with Crippen molar-refractivity contribution in [2.24, 2.45) is 0 Å². The monoisotopic (exact) mass is 205 g/mol. The topological polar surface area (TPSA) is 29.0 Å². The first-order valence-corrected chi connectivity index (χ1v) is 5.00. The van der Waals surface area contributed by atoms with Gasteiger partial charge in [-0.2, -0.15) is 0 Å². The molecule has 0 saturated heterocycles. The second-order valence-electron chi connectivity index (χ2n) is 2.76. The van der Waals surface area contributed by atoms with Crippen LogP contribution in [0.5, 0.6) is 0 Å². The number of anilines is 1. The van der Waals surface area contributed by atoms with E-state index in [1.165, 1.54) is 0 Å². The molecule has 3 nitrogen and oxygen atoms in total. The van der Waals surface area contributed by atoms with Crippen molar-refractivity contribution in [3.63, 3.8) is 0 Å². The van der Waals surface area contributed by atoms with Crippen molar-refractivity contribution in [2.75, 3.05) is 18.5 Å². The first-order valence-electron chi connectivity index (χ1n) is 3.75. The first kappa shape index (κ1) is 9.74. The highest BCUT2D eigenvalue weighted by Gasteiger charge is 2.08. The van der Waals surface area contributed by atoms with Crippen molar-refractivity contribution >= 4 is 28.1 Å². The molecule has 0 spiro atoms. The predicted molar refractivity (Wildman–Crippen MR) is 53.2 cm³/mol. The first-order chi connectivity index (χ1) is 5.59. The zero-order valence-electron chi connectivity index (χ0n) is 7.41. The second-order valence-corrected chi connectivity index (χ2v) is 4.67. The van der Waals surface area contributed by atoms with Crippen LogP contribution in [-0.4, -0.2) is 29.2 Å². The lowest BCUT2D eigenvalue weighted by molar-refractivity contribution is 0.843. The Hall–Kier alpha value is -0.350. The van der Waals surface area contributed by atoms with Crippen LogP contribution in [0.25, 0.3) is 0 Å². The molecule has 1 aromatic rings. The Morgan fingerprint density at radius 1 is 1.58 bits per heavy atom. The van der Waals surface area contributed by atoms with E-state index in [-0.39, 0.29) is 5.38 Å². The molecule has 0 N–H and O–H groups in total. The SMILES string of the molecule is Cc1nnc(N(C)CC(C)Cl)s1. The molecule has 0 radical (unpaired) electrons. The minimum Gasteiger partial charge on any atom is -0.348 e. The van der Waals surface area contributed by atoms with Gasteiger partial charge in [0.15, 0.2) is 0 Å². The van der Waals surface area contributed by atoms with Crippen molar-refractivity contribution in [3.8, 4) is 0 Å². The summed E-state index contributed by atoms with van der Waals surface area (Å²) in [6.07, 6.45) is 0. The Labute approximate surface area is 81.4 Å². The molecule has 0 aromatic carbocycles. The molecule has 5 heteroatoms. The standard InChI is InChI=1S/C7H12ClN3S/c1-5(8)4-11(3)7-10-9-6(2)12-7/h5H,4H2,1-3H3. The largest absolute Gasteiger partial charge is 0.348 e. The smallest absolute Gasteiger partial charge is 0.208 e. The molecule has 1 heterocycles. The molecule has 0 bridgehead atoms. The van der Waals surface area contributed by atoms with E-state index < -0.39 is 0 Å². The third-order valence-corrected chi connectivity index (χ3v) is 2.46. The zero-order chi connectivity index (χ0) is 9.14. The van der Waals surface area contributed by atoms with Gasteiger partial charge in [0, 0.05) is 19.0 Å². The molecule has 1 rings (SSSR count). The van der Waals surface area contributed by atoms with Gasteiger partial charge in [0.05, 0.1) is 0 Å². The van der Waals surface area contributed by atoms with Gasteiger partial charge >= 0.3 is 0 Å². The summed E-state index contributed by atoms with van der Waals surface area (Å²) in [5, 5.41) is 9.99. The van der Waals surface area contributed by atoms with E-state index in [0.29, 0.717) is 0 Å². The van der Waals surface area contributed by atoms with E-state index in [9.17, 15) is 0 Å². The van der Waals surface area contributed by atoms with Crippen LogP contribution in [0.1, 0.15) is 11.9 Å². The summed E-state index contributed by atoms with van der Waals surface area (Å²) in [6.45, 7) is 4.71. The van der Waals surface area contributed by atoms with Crippen molar-refractivity contribution in [1.82, 2.24) is 10.2 Å². The summed E-state index contributed by atoms with van der Waals surface area (Å²) in [5.41, 5.74) is 0. The van der Waals surface area contributed by atoms with Crippen LogP contribution in [0.2, 0.25) is 0 Å². The molecule has 0 saturated carbocycles. The third kappa shape index (κ3) is 2.60. The summed E-state index contributed by atoms with van der Waals surface area (Å²) < 4.78 is 0. The van der Waals surface area contributed by atoms with Gasteiger partial charge in [0.25, 0.3) is 0 Å². The van der Waals surface area contributed by atoms with Gasteiger partial charge in [-0.05, 0) is 13.8 Å². The fourth-order valence-corrected chi connectivity index (χ4v) is 1.76. The van der Waals surface area contributed by atoms with Gasteiger partial charge in [-0.15, -0.1) is 21.8 Å². The average Bonchev–Trinajstić information content (AvgIpc) is 2.34. The van der Waals surface area contributed by atoms with Gasteiger partial charge in [0.1, 0.15) is 5.01 Å². The van der Waals surface area contributed by atoms with Gasteiger partial charge in [-0.3, -0.25) is 0 Å². The van der Waals surface area contributed by atoms with Crippen LogP contribution in [0.4, 0.5) is 5.13 Å². The average molecular weight is 206 g/mol. The molecule has 0 fully saturated rings. The van der Waals surface area contributed by atoms with E-state index in [0.717, 1.165) is 16.7 Å². The molecule has 12 heavy (non-hydrogen) atoms. The maximum Gasteiger partial charge on any atom is 0.208 e. The third-order valence-electron chi connectivity index (χ3n) is 1.37. The van der Waals surface area contributed by atoms with Crippen LogP contribution >= 0.6 is 22.9 Å². The van der Waals surface area contributed by atoms with Gasteiger partial charge in [0.2, 0.25) is 5.13 Å². The lowest BCUT2D eigenvalue weighted by Gasteiger charge is -2.15. The van der Waals surface area contributed by atoms with Crippen LogP contribution < -0.4 is 4.90 Å². The molecule has 0 aliphatic rings. The number of alkyl halides is 1. The number of aryl methyl sites for hydroxylation is 1. The van der Waals surface area contributed by atoms with Crippen molar-refractivity contribution < 1.29 is 0 Å². The molecule has 68 valence electrons. The summed E-state index contributed by atoms with van der Waals surface area (Å²) in [4.78, 5) is 2.02. The number of aromatic nitrogens is 2. The van der Waals surface area contributed by atoms with E-state index in [1.54, 1.807) is 11.3 Å². The summed E-state index contributed by atoms with van der Waals surface area (Å²) in [5.74, 6) is 0. The second kappa shape index (κ2) is 4.05. The fourth-order valence-electron chi connectivity index (χ4n) is 0.896. The Morgan fingerprint density at radius 2 is 2.25 bits per heavy atom. The lowest BCUT2D eigenvalue weighted by Crippen LogP contribution is -2.23. The highest BCUT2D eigenvalue weighted by Crippen LogP contribution is 2.18. The Kier molecular flexibility index (Phi) is 3.29. The van der Waals surface area contributed by atoms with E-state index >= 15 is 0 Å². The van der Waals surface area contributed by atoms with Crippen LogP contribution in [0, 0.1) is 6.92 Å².